The van der Waals surface area contributed by atoms with Crippen molar-refractivity contribution in [2.24, 2.45) is 0 Å². The molecule has 2 aromatic heterocycles. The average Bonchev–Trinajstić information content (AvgIpc) is 3.25. The smallest absolute Gasteiger partial charge is 0.153 e. The highest BCUT2D eigenvalue weighted by atomic mass is 32.1. The van der Waals surface area contributed by atoms with E-state index < -0.39 is 0 Å². The van der Waals surface area contributed by atoms with Gasteiger partial charge in [-0.2, -0.15) is 0 Å². The number of aromatic nitrogens is 1. The van der Waals surface area contributed by atoms with Gasteiger partial charge in [-0.15, -0.1) is 22.7 Å². The molecular formula is C17H12FNS2. The zero-order chi connectivity index (χ0) is 14.2. The number of nitrogens with zero attached hydrogens (tertiary/aromatic N) is 1. The van der Waals surface area contributed by atoms with Crippen LogP contribution in [0.3, 0.4) is 0 Å². The van der Waals surface area contributed by atoms with Crippen LogP contribution in [0.5, 0.6) is 0 Å². The number of hydrogen-bond donors (Lipinski definition) is 0. The molecular weight excluding hydrogens is 301 g/mol. The van der Waals surface area contributed by atoms with Gasteiger partial charge in [0.15, 0.2) is 5.83 Å². The highest BCUT2D eigenvalue weighted by molar-refractivity contribution is 7.20. The summed E-state index contributed by atoms with van der Waals surface area (Å²) in [5.74, 6) is -0.168. The van der Waals surface area contributed by atoms with Crippen molar-refractivity contribution in [1.82, 2.24) is 4.98 Å². The fourth-order valence-electron chi connectivity index (χ4n) is 2.70. The monoisotopic (exact) mass is 313 g/mol. The van der Waals surface area contributed by atoms with Gasteiger partial charge in [-0.25, -0.2) is 9.37 Å². The lowest BCUT2D eigenvalue weighted by atomic mass is 10.1. The van der Waals surface area contributed by atoms with Gasteiger partial charge in [0.05, 0.1) is 4.88 Å². The van der Waals surface area contributed by atoms with E-state index in [-0.39, 0.29) is 5.83 Å². The molecule has 0 fully saturated rings. The summed E-state index contributed by atoms with van der Waals surface area (Å²) in [4.78, 5) is 5.56. The van der Waals surface area contributed by atoms with Crippen LogP contribution in [0.25, 0.3) is 21.3 Å². The number of allylic oxidation sites excluding steroid dienone is 1. The molecule has 21 heavy (non-hydrogen) atoms. The molecule has 3 aromatic rings. The fraction of sp³-hybridized carbons (Fsp3) is 0.118. The lowest BCUT2D eigenvalue weighted by molar-refractivity contribution is 0.753. The Morgan fingerprint density at radius 2 is 1.95 bits per heavy atom. The fourth-order valence-corrected chi connectivity index (χ4v) is 4.31. The molecule has 0 bridgehead atoms. The van der Waals surface area contributed by atoms with Gasteiger partial charge in [0.2, 0.25) is 0 Å². The second kappa shape index (κ2) is 5.20. The normalized spacial score (nSPS) is 16.0. The predicted octanol–water partition coefficient (Wildman–Crippen LogP) is 5.66. The molecule has 0 radical (unpaired) electrons. The summed E-state index contributed by atoms with van der Waals surface area (Å²) in [6.07, 6.45) is 1.68. The molecule has 0 spiro atoms. The number of fused-ring (bicyclic) bond motifs is 1. The molecule has 4 heteroatoms. The maximum absolute atomic E-state index is 14.8. The van der Waals surface area contributed by atoms with Gasteiger partial charge in [0.1, 0.15) is 10.7 Å². The van der Waals surface area contributed by atoms with Crippen LogP contribution < -0.4 is 0 Å². The van der Waals surface area contributed by atoms with E-state index in [1.165, 1.54) is 16.9 Å². The molecule has 1 aliphatic rings. The summed E-state index contributed by atoms with van der Waals surface area (Å²) < 4.78 is 14.8. The van der Waals surface area contributed by atoms with E-state index in [1.807, 2.05) is 41.1 Å². The molecule has 0 atom stereocenters. The Bertz CT molecular complexity index is 815. The Kier molecular flexibility index (Phi) is 3.20. The van der Waals surface area contributed by atoms with E-state index in [4.69, 9.17) is 0 Å². The van der Waals surface area contributed by atoms with E-state index in [9.17, 15) is 4.39 Å². The van der Waals surface area contributed by atoms with Crippen molar-refractivity contribution in [2.45, 2.75) is 12.8 Å². The Morgan fingerprint density at radius 1 is 1.05 bits per heavy atom. The first-order valence-electron chi connectivity index (χ1n) is 6.79. The zero-order valence-corrected chi connectivity index (χ0v) is 12.8. The van der Waals surface area contributed by atoms with Crippen molar-refractivity contribution in [3.63, 3.8) is 0 Å². The van der Waals surface area contributed by atoms with Gasteiger partial charge < -0.3 is 0 Å². The summed E-state index contributed by atoms with van der Waals surface area (Å²) in [5.41, 5.74) is 3.54. The number of rotatable bonds is 2. The van der Waals surface area contributed by atoms with E-state index in [0.29, 0.717) is 5.69 Å². The van der Waals surface area contributed by atoms with Crippen LogP contribution in [-0.2, 0) is 6.42 Å². The van der Waals surface area contributed by atoms with Crippen LogP contribution in [0.2, 0.25) is 0 Å². The molecule has 0 saturated carbocycles. The Hall–Kier alpha value is -1.78. The minimum absolute atomic E-state index is 0.168. The van der Waals surface area contributed by atoms with Crippen molar-refractivity contribution < 1.29 is 4.39 Å². The molecule has 0 amide bonds. The second-order valence-electron chi connectivity index (χ2n) is 4.96. The van der Waals surface area contributed by atoms with Crippen molar-refractivity contribution in [3.8, 4) is 9.88 Å². The first-order chi connectivity index (χ1) is 10.3. The van der Waals surface area contributed by atoms with Crippen molar-refractivity contribution in [2.75, 3.05) is 0 Å². The number of thiophene rings is 1. The van der Waals surface area contributed by atoms with Gasteiger partial charge >= 0.3 is 0 Å². The molecule has 2 heterocycles. The van der Waals surface area contributed by atoms with E-state index in [0.717, 1.165) is 33.9 Å². The largest absolute Gasteiger partial charge is 0.233 e. The number of aryl methyl sites for hydroxylation is 1. The van der Waals surface area contributed by atoms with Gasteiger partial charge in [0, 0.05) is 5.38 Å². The van der Waals surface area contributed by atoms with Gasteiger partial charge in [-0.1, -0.05) is 30.3 Å². The Morgan fingerprint density at radius 3 is 2.81 bits per heavy atom. The highest BCUT2D eigenvalue weighted by Crippen LogP contribution is 2.39. The van der Waals surface area contributed by atoms with Crippen LogP contribution in [0.4, 0.5) is 4.39 Å². The van der Waals surface area contributed by atoms with Gasteiger partial charge in [-0.05, 0) is 41.0 Å². The lowest BCUT2D eigenvalue weighted by Crippen LogP contribution is -1.85. The van der Waals surface area contributed by atoms with E-state index in [1.54, 1.807) is 11.3 Å². The molecule has 1 aliphatic carbocycles. The Labute approximate surface area is 130 Å². The molecule has 0 N–H and O–H groups in total. The topological polar surface area (TPSA) is 12.9 Å². The predicted molar refractivity (Wildman–Crippen MR) is 88.1 cm³/mol. The number of halogens is 1. The minimum atomic E-state index is -0.168. The summed E-state index contributed by atoms with van der Waals surface area (Å²) >= 11 is 3.13. The van der Waals surface area contributed by atoms with Crippen LogP contribution in [-0.4, -0.2) is 4.98 Å². The minimum Gasteiger partial charge on any atom is -0.233 e. The van der Waals surface area contributed by atoms with Crippen molar-refractivity contribution in [3.05, 3.63) is 64.0 Å². The average molecular weight is 313 g/mol. The lowest BCUT2D eigenvalue weighted by Gasteiger charge is -2.02. The van der Waals surface area contributed by atoms with Crippen molar-refractivity contribution >= 4 is 34.1 Å². The first-order valence-corrected chi connectivity index (χ1v) is 8.55. The number of thiazole rings is 1. The maximum Gasteiger partial charge on any atom is 0.153 e. The SMILES string of the molecule is F/C(=C1\CCc2ccccc21)c1csc(-c2cccs2)n1. The summed E-state index contributed by atoms with van der Waals surface area (Å²) in [5, 5.41) is 4.72. The maximum atomic E-state index is 14.8. The van der Waals surface area contributed by atoms with Gasteiger partial charge in [-0.3, -0.25) is 0 Å². The van der Waals surface area contributed by atoms with Crippen LogP contribution in [0.15, 0.2) is 47.2 Å². The molecule has 104 valence electrons. The number of hydrogen-bond acceptors (Lipinski definition) is 3. The zero-order valence-electron chi connectivity index (χ0n) is 11.2. The third-order valence-electron chi connectivity index (χ3n) is 3.71. The van der Waals surface area contributed by atoms with Crippen LogP contribution in [0, 0.1) is 0 Å². The summed E-state index contributed by atoms with van der Waals surface area (Å²) in [7, 11) is 0. The summed E-state index contributed by atoms with van der Waals surface area (Å²) in [6, 6.07) is 12.1. The third-order valence-corrected chi connectivity index (χ3v) is 5.59. The quantitative estimate of drug-likeness (QED) is 0.595. The molecule has 0 saturated heterocycles. The molecule has 1 aromatic carbocycles. The first kappa shape index (κ1) is 12.9. The Balaban J connectivity index is 1.76. The van der Waals surface area contributed by atoms with E-state index >= 15 is 0 Å². The van der Waals surface area contributed by atoms with Crippen molar-refractivity contribution in [1.29, 1.82) is 0 Å². The van der Waals surface area contributed by atoms with Crippen LogP contribution >= 0.6 is 22.7 Å². The number of benzene rings is 1. The third kappa shape index (κ3) is 2.24. The van der Waals surface area contributed by atoms with E-state index in [2.05, 4.69) is 11.1 Å². The van der Waals surface area contributed by atoms with Gasteiger partial charge in [0.25, 0.3) is 0 Å². The molecule has 1 nitrogen and oxygen atoms in total. The summed E-state index contributed by atoms with van der Waals surface area (Å²) in [6.45, 7) is 0. The second-order valence-corrected chi connectivity index (χ2v) is 6.77. The van der Waals surface area contributed by atoms with Crippen LogP contribution in [0.1, 0.15) is 23.2 Å². The molecule has 0 aliphatic heterocycles. The molecule has 4 rings (SSSR count). The highest BCUT2D eigenvalue weighted by Gasteiger charge is 2.22. The molecule has 0 unspecified atom stereocenters. The standard InChI is InChI=1S/C17H12FNS2/c18-16(13-8-7-11-4-1-2-5-12(11)13)14-10-21-17(19-14)15-6-3-9-20-15/h1-6,9-10H,7-8H2/b16-13+.